The average molecular weight is 259 g/mol. The second-order valence-corrected chi connectivity index (χ2v) is 3.97. The second kappa shape index (κ2) is 14.0. The summed E-state index contributed by atoms with van der Waals surface area (Å²) in [5.41, 5.74) is 0. The van der Waals surface area contributed by atoms with Gasteiger partial charge in [-0.15, -0.1) is 0 Å². The van der Waals surface area contributed by atoms with Crippen LogP contribution in [-0.2, 0) is 21.6 Å². The second-order valence-electron chi connectivity index (χ2n) is 3.97. The van der Waals surface area contributed by atoms with Crippen LogP contribution in [0.15, 0.2) is 0 Å². The molecule has 0 rings (SSSR count). The van der Waals surface area contributed by atoms with Crippen molar-refractivity contribution in [3.05, 3.63) is 0 Å². The van der Waals surface area contributed by atoms with E-state index in [4.69, 9.17) is 5.11 Å². The summed E-state index contributed by atoms with van der Waals surface area (Å²) in [4.78, 5) is 10.2. The number of rotatable bonds is 10. The van der Waals surface area contributed by atoms with E-state index in [2.05, 4.69) is 6.92 Å². The summed E-state index contributed by atoms with van der Waals surface area (Å²) in [5.74, 6) is -0.659. The summed E-state index contributed by atoms with van der Waals surface area (Å²) in [7, 11) is 0. The number of unbranched alkanes of at least 4 members (excludes halogenated alkanes) is 8. The van der Waals surface area contributed by atoms with Gasteiger partial charge in [0, 0.05) is 23.2 Å². The van der Waals surface area contributed by atoms with Crippen LogP contribution in [0, 0.1) is 0 Å². The molecule has 15 heavy (non-hydrogen) atoms. The van der Waals surface area contributed by atoms with E-state index in [9.17, 15) is 4.79 Å². The van der Waals surface area contributed by atoms with Gasteiger partial charge >= 0.3 is 5.97 Å². The first-order valence-electron chi connectivity index (χ1n) is 5.99. The maximum Gasteiger partial charge on any atom is 0.303 e. The first-order chi connectivity index (χ1) is 6.77. The Morgan fingerprint density at radius 1 is 0.867 bits per heavy atom. The number of hydrogen-bond acceptors (Lipinski definition) is 1. The Morgan fingerprint density at radius 3 is 1.67 bits per heavy atom. The van der Waals surface area contributed by atoms with Gasteiger partial charge in [0.05, 0.1) is 0 Å². The van der Waals surface area contributed by atoms with E-state index in [1.807, 2.05) is 0 Å². The smallest absolute Gasteiger partial charge is 0.303 e. The Kier molecular flexibility index (Phi) is 16.2. The monoisotopic (exact) mass is 259 g/mol. The van der Waals surface area contributed by atoms with Gasteiger partial charge in [-0.25, -0.2) is 0 Å². The quantitative estimate of drug-likeness (QED) is 0.602. The zero-order valence-corrected chi connectivity index (χ0v) is 10.8. The number of carboxylic acids is 1. The third-order valence-corrected chi connectivity index (χ3v) is 2.49. The zero-order chi connectivity index (χ0) is 10.6. The van der Waals surface area contributed by atoms with Crippen LogP contribution < -0.4 is 0 Å². The predicted molar refractivity (Wildman–Crippen MR) is 59.5 cm³/mol. The van der Waals surface area contributed by atoms with Gasteiger partial charge in [0.1, 0.15) is 0 Å². The predicted octanol–water partition coefficient (Wildman–Crippen LogP) is 3.99. The molecule has 0 amide bonds. The van der Waals surface area contributed by atoms with E-state index < -0.39 is 5.97 Å². The van der Waals surface area contributed by atoms with E-state index in [0.29, 0.717) is 6.42 Å². The van der Waals surface area contributed by atoms with Crippen LogP contribution in [0.2, 0.25) is 0 Å². The molecule has 0 unspecified atom stereocenters. The summed E-state index contributed by atoms with van der Waals surface area (Å²) in [5, 5.41) is 8.41. The molecule has 0 heterocycles. The molecule has 1 N–H and O–H groups in total. The van der Waals surface area contributed by atoms with Crippen molar-refractivity contribution in [1.29, 1.82) is 0 Å². The molecule has 0 aliphatic rings. The average Bonchev–Trinajstić information content (AvgIpc) is 2.15. The van der Waals surface area contributed by atoms with Crippen LogP contribution in [0.1, 0.15) is 71.1 Å². The Balaban J connectivity index is 0. The molecule has 0 bridgehead atoms. The van der Waals surface area contributed by atoms with Gasteiger partial charge in [-0.05, 0) is 6.42 Å². The Labute approximate surface area is 104 Å². The van der Waals surface area contributed by atoms with Crippen molar-refractivity contribution < 1.29 is 26.7 Å². The van der Waals surface area contributed by atoms with E-state index in [0.717, 1.165) is 12.8 Å². The van der Waals surface area contributed by atoms with Crippen LogP contribution in [0.5, 0.6) is 0 Å². The molecule has 0 atom stereocenters. The van der Waals surface area contributed by atoms with Gasteiger partial charge in [-0.1, -0.05) is 58.3 Å². The summed E-state index contributed by atoms with van der Waals surface area (Å²) in [6.45, 7) is 2.23. The number of hydrogen-bond donors (Lipinski definition) is 1. The third kappa shape index (κ3) is 16.6. The maximum atomic E-state index is 10.2. The van der Waals surface area contributed by atoms with Crippen molar-refractivity contribution in [3.8, 4) is 0 Å². The van der Waals surface area contributed by atoms with E-state index in [1.54, 1.807) is 0 Å². The molecule has 3 heteroatoms. The number of aliphatic carboxylic acids is 1. The molecule has 0 fully saturated rings. The number of carboxylic acid groups (broad SMARTS) is 1. The summed E-state index contributed by atoms with van der Waals surface area (Å²) in [6.07, 6.45) is 11.5. The van der Waals surface area contributed by atoms with E-state index in [1.165, 1.54) is 44.9 Å². The van der Waals surface area contributed by atoms with Crippen LogP contribution in [0.3, 0.4) is 0 Å². The minimum absolute atomic E-state index is 0. The van der Waals surface area contributed by atoms with E-state index in [-0.39, 0.29) is 16.8 Å². The fourth-order valence-electron chi connectivity index (χ4n) is 1.59. The van der Waals surface area contributed by atoms with Crippen LogP contribution in [0.25, 0.3) is 0 Å². The van der Waals surface area contributed by atoms with Crippen molar-refractivity contribution in [2.24, 2.45) is 0 Å². The largest absolute Gasteiger partial charge is 0.481 e. The van der Waals surface area contributed by atoms with Gasteiger partial charge in [-0.3, -0.25) is 4.79 Å². The SMILES string of the molecule is CCCCCCCCCCCC(=O)O.[Co]. The molecule has 93 valence electrons. The van der Waals surface area contributed by atoms with Crippen LogP contribution in [0.4, 0.5) is 0 Å². The third-order valence-electron chi connectivity index (χ3n) is 2.49. The minimum atomic E-state index is -0.659. The Bertz CT molecular complexity index is 138. The van der Waals surface area contributed by atoms with Crippen LogP contribution >= 0.6 is 0 Å². The van der Waals surface area contributed by atoms with Gasteiger partial charge in [0.25, 0.3) is 0 Å². The maximum absolute atomic E-state index is 10.2. The van der Waals surface area contributed by atoms with Crippen molar-refractivity contribution in [1.82, 2.24) is 0 Å². The number of carbonyl (C=O) groups is 1. The fourth-order valence-corrected chi connectivity index (χ4v) is 1.59. The molecule has 0 aliphatic carbocycles. The van der Waals surface area contributed by atoms with Gasteiger partial charge < -0.3 is 5.11 Å². The van der Waals surface area contributed by atoms with E-state index >= 15 is 0 Å². The molecule has 0 spiro atoms. The zero-order valence-electron chi connectivity index (χ0n) is 9.76. The Hall–Kier alpha value is -0.0235. The van der Waals surface area contributed by atoms with Gasteiger partial charge in [0.15, 0.2) is 0 Å². The molecule has 0 saturated carbocycles. The standard InChI is InChI=1S/C12H24O2.Co/c1-2-3-4-5-6-7-8-9-10-11-12(13)14;/h2-11H2,1H3,(H,13,14);. The minimum Gasteiger partial charge on any atom is -0.481 e. The first-order valence-corrected chi connectivity index (χ1v) is 5.99. The molecule has 1 radical (unpaired) electrons. The normalized spacial score (nSPS) is 9.67. The van der Waals surface area contributed by atoms with Crippen molar-refractivity contribution in [3.63, 3.8) is 0 Å². The molecule has 0 aromatic heterocycles. The molecule has 2 nitrogen and oxygen atoms in total. The van der Waals surface area contributed by atoms with Gasteiger partial charge in [-0.2, -0.15) is 0 Å². The molecule has 0 aromatic rings. The summed E-state index contributed by atoms with van der Waals surface area (Å²) >= 11 is 0. The van der Waals surface area contributed by atoms with Gasteiger partial charge in [0.2, 0.25) is 0 Å². The molecular formula is C12H24CoO2. The molecule has 0 saturated heterocycles. The Morgan fingerprint density at radius 2 is 1.27 bits per heavy atom. The summed E-state index contributed by atoms with van der Waals surface area (Å²) < 4.78 is 0. The van der Waals surface area contributed by atoms with Crippen molar-refractivity contribution in [2.75, 3.05) is 0 Å². The van der Waals surface area contributed by atoms with Crippen molar-refractivity contribution >= 4 is 5.97 Å². The van der Waals surface area contributed by atoms with Crippen LogP contribution in [-0.4, -0.2) is 11.1 Å². The fraction of sp³-hybridized carbons (Fsp3) is 0.917. The summed E-state index contributed by atoms with van der Waals surface area (Å²) in [6, 6.07) is 0. The first kappa shape index (κ1) is 17.4. The topological polar surface area (TPSA) is 37.3 Å². The molecular weight excluding hydrogens is 235 g/mol. The molecule has 0 aromatic carbocycles. The van der Waals surface area contributed by atoms with Crippen molar-refractivity contribution in [2.45, 2.75) is 71.1 Å². The molecule has 0 aliphatic heterocycles.